The molecule has 0 aromatic heterocycles. The van der Waals surface area contributed by atoms with Gasteiger partial charge in [0.25, 0.3) is 0 Å². The van der Waals surface area contributed by atoms with Crippen LogP contribution in [0.4, 0.5) is 4.39 Å². The minimum atomic E-state index is -0.276. The molecule has 0 amide bonds. The lowest BCUT2D eigenvalue weighted by Crippen LogP contribution is -2.31. The lowest BCUT2D eigenvalue weighted by molar-refractivity contribution is 0.452. The Labute approximate surface area is 96.9 Å². The normalized spacial score (nSPS) is 18.9. The largest absolute Gasteiger partial charge is 0.330 e. The SMILES string of the molecule is NCC1(c2ccc(CCF)cc2)CCCC1. The molecule has 1 aliphatic carbocycles. The van der Waals surface area contributed by atoms with Crippen LogP contribution in [0.2, 0.25) is 0 Å². The first-order chi connectivity index (χ1) is 7.80. The van der Waals surface area contributed by atoms with E-state index >= 15 is 0 Å². The first-order valence-corrected chi connectivity index (χ1v) is 6.16. The summed E-state index contributed by atoms with van der Waals surface area (Å²) in [7, 11) is 0. The highest BCUT2D eigenvalue weighted by atomic mass is 19.1. The molecule has 2 heteroatoms. The average Bonchev–Trinajstić information content (AvgIpc) is 2.80. The number of hydrogen-bond acceptors (Lipinski definition) is 1. The second-order valence-corrected chi connectivity index (χ2v) is 4.83. The second-order valence-electron chi connectivity index (χ2n) is 4.83. The van der Waals surface area contributed by atoms with E-state index in [0.717, 1.165) is 12.1 Å². The molecule has 1 aromatic rings. The van der Waals surface area contributed by atoms with E-state index in [-0.39, 0.29) is 12.1 Å². The van der Waals surface area contributed by atoms with Crippen molar-refractivity contribution in [3.8, 4) is 0 Å². The smallest absolute Gasteiger partial charge is 0.0934 e. The fourth-order valence-electron chi connectivity index (χ4n) is 2.80. The highest BCUT2D eigenvalue weighted by Crippen LogP contribution is 2.40. The van der Waals surface area contributed by atoms with Crippen molar-refractivity contribution in [2.24, 2.45) is 5.73 Å². The molecule has 0 spiro atoms. The Morgan fingerprint density at radius 1 is 1.12 bits per heavy atom. The van der Waals surface area contributed by atoms with E-state index in [0.29, 0.717) is 6.42 Å². The van der Waals surface area contributed by atoms with Crippen LogP contribution < -0.4 is 5.73 Å². The fourth-order valence-corrected chi connectivity index (χ4v) is 2.80. The van der Waals surface area contributed by atoms with Gasteiger partial charge in [0, 0.05) is 18.4 Å². The van der Waals surface area contributed by atoms with Gasteiger partial charge >= 0.3 is 0 Å². The van der Waals surface area contributed by atoms with Gasteiger partial charge in [-0.2, -0.15) is 0 Å². The van der Waals surface area contributed by atoms with Gasteiger partial charge in [-0.1, -0.05) is 37.1 Å². The molecule has 0 aliphatic heterocycles. The molecule has 16 heavy (non-hydrogen) atoms. The molecule has 1 nitrogen and oxygen atoms in total. The van der Waals surface area contributed by atoms with Crippen LogP contribution in [0, 0.1) is 0 Å². The van der Waals surface area contributed by atoms with Crippen LogP contribution in [-0.2, 0) is 11.8 Å². The Balaban J connectivity index is 2.19. The monoisotopic (exact) mass is 221 g/mol. The maximum absolute atomic E-state index is 12.2. The molecule has 2 N–H and O–H groups in total. The molecular weight excluding hydrogens is 201 g/mol. The van der Waals surface area contributed by atoms with Crippen molar-refractivity contribution in [1.82, 2.24) is 0 Å². The van der Waals surface area contributed by atoms with Gasteiger partial charge in [-0.25, -0.2) is 0 Å². The Hall–Kier alpha value is -0.890. The predicted molar refractivity (Wildman–Crippen MR) is 65.3 cm³/mol. The van der Waals surface area contributed by atoms with Crippen molar-refractivity contribution in [3.05, 3.63) is 35.4 Å². The third-order valence-corrected chi connectivity index (χ3v) is 3.90. The number of nitrogens with two attached hydrogens (primary N) is 1. The first-order valence-electron chi connectivity index (χ1n) is 6.16. The van der Waals surface area contributed by atoms with E-state index < -0.39 is 0 Å². The van der Waals surface area contributed by atoms with Crippen LogP contribution in [0.3, 0.4) is 0 Å². The van der Waals surface area contributed by atoms with E-state index in [9.17, 15) is 4.39 Å². The summed E-state index contributed by atoms with van der Waals surface area (Å²) in [5.74, 6) is 0. The first kappa shape index (κ1) is 11.6. The van der Waals surface area contributed by atoms with Crippen molar-refractivity contribution in [3.63, 3.8) is 0 Å². The standard InChI is InChI=1S/C14H20FN/c15-10-7-12-3-5-13(6-4-12)14(11-16)8-1-2-9-14/h3-6H,1-2,7-11,16H2. The van der Waals surface area contributed by atoms with Gasteiger partial charge in [-0.05, 0) is 24.0 Å². The molecule has 0 atom stereocenters. The molecule has 1 fully saturated rings. The van der Waals surface area contributed by atoms with E-state index in [1.54, 1.807) is 0 Å². The maximum atomic E-state index is 12.2. The Morgan fingerprint density at radius 3 is 2.25 bits per heavy atom. The van der Waals surface area contributed by atoms with Crippen molar-refractivity contribution in [2.45, 2.75) is 37.5 Å². The molecule has 0 unspecified atom stereocenters. The predicted octanol–water partition coefficient (Wildman–Crippen LogP) is 2.97. The van der Waals surface area contributed by atoms with Crippen LogP contribution >= 0.6 is 0 Å². The quantitative estimate of drug-likeness (QED) is 0.831. The lowest BCUT2D eigenvalue weighted by atomic mass is 9.79. The summed E-state index contributed by atoms with van der Waals surface area (Å²) < 4.78 is 12.2. The van der Waals surface area contributed by atoms with Crippen molar-refractivity contribution in [2.75, 3.05) is 13.2 Å². The molecule has 88 valence electrons. The highest BCUT2D eigenvalue weighted by Gasteiger charge is 2.33. The molecule has 0 heterocycles. The van der Waals surface area contributed by atoms with Crippen LogP contribution in [0.25, 0.3) is 0 Å². The van der Waals surface area contributed by atoms with Crippen LogP contribution in [0.5, 0.6) is 0 Å². The van der Waals surface area contributed by atoms with Crippen molar-refractivity contribution >= 4 is 0 Å². The molecule has 1 aliphatic rings. The molecule has 2 rings (SSSR count). The van der Waals surface area contributed by atoms with E-state index in [1.807, 2.05) is 12.1 Å². The Kier molecular flexibility index (Phi) is 3.59. The number of halogens is 1. The number of benzene rings is 1. The third-order valence-electron chi connectivity index (χ3n) is 3.90. The molecule has 0 radical (unpaired) electrons. The summed E-state index contributed by atoms with van der Waals surface area (Å²) in [4.78, 5) is 0. The number of rotatable bonds is 4. The number of alkyl halides is 1. The highest BCUT2D eigenvalue weighted by molar-refractivity contribution is 5.30. The Bertz CT molecular complexity index is 325. The average molecular weight is 221 g/mol. The van der Waals surface area contributed by atoms with Gasteiger partial charge in [0.15, 0.2) is 0 Å². The topological polar surface area (TPSA) is 26.0 Å². The van der Waals surface area contributed by atoms with Gasteiger partial charge in [0.05, 0.1) is 6.67 Å². The summed E-state index contributed by atoms with van der Waals surface area (Å²) in [6.07, 6.45) is 5.49. The van der Waals surface area contributed by atoms with Crippen LogP contribution in [0.15, 0.2) is 24.3 Å². The summed E-state index contributed by atoms with van der Waals surface area (Å²) in [6.45, 7) is 0.455. The van der Waals surface area contributed by atoms with Gasteiger partial charge in [-0.3, -0.25) is 4.39 Å². The van der Waals surface area contributed by atoms with E-state index in [4.69, 9.17) is 5.73 Å². The molecular formula is C14H20FN. The van der Waals surface area contributed by atoms with Crippen molar-refractivity contribution < 1.29 is 4.39 Å². The zero-order valence-corrected chi connectivity index (χ0v) is 9.71. The van der Waals surface area contributed by atoms with Crippen LogP contribution in [-0.4, -0.2) is 13.2 Å². The zero-order valence-electron chi connectivity index (χ0n) is 9.71. The minimum Gasteiger partial charge on any atom is -0.330 e. The summed E-state index contributed by atoms with van der Waals surface area (Å²) in [5, 5.41) is 0. The minimum absolute atomic E-state index is 0.203. The second kappa shape index (κ2) is 4.96. The van der Waals surface area contributed by atoms with Gasteiger partial charge in [0.2, 0.25) is 0 Å². The molecule has 0 saturated heterocycles. The molecule has 1 saturated carbocycles. The molecule has 1 aromatic carbocycles. The third kappa shape index (κ3) is 2.12. The molecule has 0 bridgehead atoms. The summed E-state index contributed by atoms with van der Waals surface area (Å²) in [5.41, 5.74) is 8.56. The van der Waals surface area contributed by atoms with Gasteiger partial charge in [-0.15, -0.1) is 0 Å². The fraction of sp³-hybridized carbons (Fsp3) is 0.571. The number of hydrogen-bond donors (Lipinski definition) is 1. The van der Waals surface area contributed by atoms with E-state index in [1.165, 1.54) is 31.2 Å². The summed E-state index contributed by atoms with van der Waals surface area (Å²) in [6, 6.07) is 8.38. The Morgan fingerprint density at radius 2 is 1.75 bits per heavy atom. The zero-order chi connectivity index (χ0) is 11.4. The van der Waals surface area contributed by atoms with Crippen molar-refractivity contribution in [1.29, 1.82) is 0 Å². The maximum Gasteiger partial charge on any atom is 0.0934 e. The van der Waals surface area contributed by atoms with E-state index in [2.05, 4.69) is 12.1 Å². The van der Waals surface area contributed by atoms with Gasteiger partial charge in [0.1, 0.15) is 0 Å². The van der Waals surface area contributed by atoms with Crippen LogP contribution in [0.1, 0.15) is 36.8 Å². The lowest BCUT2D eigenvalue weighted by Gasteiger charge is -2.28. The van der Waals surface area contributed by atoms with Gasteiger partial charge < -0.3 is 5.73 Å². The summed E-state index contributed by atoms with van der Waals surface area (Å²) >= 11 is 0. The number of aryl methyl sites for hydroxylation is 1.